The van der Waals surface area contributed by atoms with Crippen LogP contribution in [0.1, 0.15) is 35.8 Å². The predicted octanol–water partition coefficient (Wildman–Crippen LogP) is 1.40. The first-order valence-corrected chi connectivity index (χ1v) is 10.4. The number of aliphatic hydroxyl groups excluding tert-OH is 1. The molecule has 1 fully saturated rings. The van der Waals surface area contributed by atoms with Crippen molar-refractivity contribution in [2.75, 3.05) is 37.6 Å². The van der Waals surface area contributed by atoms with Crippen molar-refractivity contribution in [3.8, 4) is 11.8 Å². The Morgan fingerprint density at radius 3 is 2.31 bits per heavy atom. The lowest BCUT2D eigenvalue weighted by atomic mass is 10.0. The molecule has 0 radical (unpaired) electrons. The molecule has 3 unspecified atom stereocenters. The lowest BCUT2D eigenvalue weighted by Crippen LogP contribution is -2.37. The lowest BCUT2D eigenvalue weighted by molar-refractivity contribution is 0.0965. The molecule has 1 saturated heterocycles. The number of rotatable bonds is 5. The third kappa shape index (κ3) is 3.26. The summed E-state index contributed by atoms with van der Waals surface area (Å²) in [5, 5.41) is 32.0. The van der Waals surface area contributed by atoms with Crippen molar-refractivity contribution in [3.63, 3.8) is 0 Å². The smallest absolute Gasteiger partial charge is 0.225 e. The Kier molecular flexibility index (Phi) is 4.67. The van der Waals surface area contributed by atoms with E-state index < -0.39 is 6.10 Å². The molecule has 2 bridgehead atoms. The maximum atomic E-state index is 10.7. The molecule has 2 aromatic heterocycles. The van der Waals surface area contributed by atoms with Crippen LogP contribution in [0.4, 0.5) is 5.95 Å². The number of β-amino-alcohol motifs (C(OH)–C–C–N with tert-alkyl or cyclic N) is 1. The predicted molar refractivity (Wildman–Crippen MR) is 108 cm³/mol. The molecule has 3 N–H and O–H groups in total. The summed E-state index contributed by atoms with van der Waals surface area (Å²) < 4.78 is 1.48. The number of aromatic nitrogens is 3. The number of hydrogen-bond donors (Lipinski definition) is 3. The van der Waals surface area contributed by atoms with E-state index in [4.69, 9.17) is 0 Å². The van der Waals surface area contributed by atoms with Gasteiger partial charge in [0.05, 0.1) is 12.6 Å². The molecule has 0 aromatic carbocycles. The monoisotopic (exact) mass is 397 g/mol. The van der Waals surface area contributed by atoms with E-state index in [0.717, 1.165) is 56.1 Å². The Balaban J connectivity index is 1.22. The molecule has 8 nitrogen and oxygen atoms in total. The SMILES string of the molecule is Oc1c2c(c(O)n1CC(O)CN1CCCN(c3ncccn3)CC1)C1C=CC2C1. The summed E-state index contributed by atoms with van der Waals surface area (Å²) in [6.07, 6.45) is 8.94. The van der Waals surface area contributed by atoms with Crippen LogP contribution in [0, 0.1) is 0 Å². The topological polar surface area (TPSA) is 97.9 Å². The number of allylic oxidation sites excluding steroid dienone is 2. The van der Waals surface area contributed by atoms with Gasteiger partial charge in [0.15, 0.2) is 11.8 Å². The summed E-state index contributed by atoms with van der Waals surface area (Å²) in [7, 11) is 0. The zero-order chi connectivity index (χ0) is 20.0. The van der Waals surface area contributed by atoms with Crippen molar-refractivity contribution in [3.05, 3.63) is 41.7 Å². The lowest BCUT2D eigenvalue weighted by Gasteiger charge is -2.24. The summed E-state index contributed by atoms with van der Waals surface area (Å²) in [4.78, 5) is 13.1. The van der Waals surface area contributed by atoms with E-state index in [1.54, 1.807) is 12.4 Å². The second-order valence-corrected chi connectivity index (χ2v) is 8.26. The first-order chi connectivity index (χ1) is 14.1. The molecule has 5 rings (SSSR count). The molecular formula is C21H27N5O3. The summed E-state index contributed by atoms with van der Waals surface area (Å²) in [6.45, 7) is 4.07. The Hall–Kier alpha value is -2.58. The summed E-state index contributed by atoms with van der Waals surface area (Å²) in [6, 6.07) is 1.81. The number of anilines is 1. The molecule has 3 aliphatic rings. The minimum Gasteiger partial charge on any atom is -0.494 e. The highest BCUT2D eigenvalue weighted by Gasteiger charge is 2.41. The first kappa shape index (κ1) is 18.4. The van der Waals surface area contributed by atoms with Gasteiger partial charge in [0, 0.05) is 61.5 Å². The van der Waals surface area contributed by atoms with Crippen LogP contribution in [-0.4, -0.2) is 73.6 Å². The third-order valence-electron chi connectivity index (χ3n) is 6.39. The number of aromatic hydroxyl groups is 2. The number of hydrogen-bond acceptors (Lipinski definition) is 7. The molecule has 29 heavy (non-hydrogen) atoms. The molecule has 2 aliphatic carbocycles. The summed E-state index contributed by atoms with van der Waals surface area (Å²) in [5.74, 6) is 1.34. The zero-order valence-electron chi connectivity index (χ0n) is 16.4. The van der Waals surface area contributed by atoms with Gasteiger partial charge in [-0.05, 0) is 25.5 Å². The van der Waals surface area contributed by atoms with E-state index in [1.165, 1.54) is 4.57 Å². The second-order valence-electron chi connectivity index (χ2n) is 8.26. The van der Waals surface area contributed by atoms with Crippen LogP contribution < -0.4 is 4.90 Å². The van der Waals surface area contributed by atoms with Crippen LogP contribution in [0.5, 0.6) is 11.8 Å². The molecule has 8 heteroatoms. The van der Waals surface area contributed by atoms with Gasteiger partial charge < -0.3 is 20.2 Å². The van der Waals surface area contributed by atoms with E-state index in [-0.39, 0.29) is 30.1 Å². The van der Waals surface area contributed by atoms with Crippen LogP contribution in [0.15, 0.2) is 30.6 Å². The van der Waals surface area contributed by atoms with E-state index in [9.17, 15) is 15.3 Å². The largest absolute Gasteiger partial charge is 0.494 e. The van der Waals surface area contributed by atoms with E-state index in [1.807, 2.05) is 6.07 Å². The van der Waals surface area contributed by atoms with Gasteiger partial charge in [-0.15, -0.1) is 0 Å². The molecule has 154 valence electrons. The number of fused-ring (bicyclic) bond motifs is 5. The van der Waals surface area contributed by atoms with Gasteiger partial charge in [0.25, 0.3) is 0 Å². The molecule has 0 saturated carbocycles. The third-order valence-corrected chi connectivity index (χ3v) is 6.39. The minimum atomic E-state index is -0.676. The normalized spacial score (nSPS) is 24.7. The summed E-state index contributed by atoms with van der Waals surface area (Å²) in [5.41, 5.74) is 1.69. The van der Waals surface area contributed by atoms with Gasteiger partial charge in [0.2, 0.25) is 5.95 Å². The fourth-order valence-electron chi connectivity index (χ4n) is 5.04. The van der Waals surface area contributed by atoms with Crippen LogP contribution >= 0.6 is 0 Å². The van der Waals surface area contributed by atoms with E-state index >= 15 is 0 Å². The standard InChI is InChI=1S/C21H27N5O3/c27-16(12-24-7-2-8-25(10-9-24)21-22-5-1-6-23-21)13-26-19(28)17-14-3-4-15(11-14)18(17)20(26)29/h1,3-6,14-16,27-29H,2,7-13H2. The molecule has 0 spiro atoms. The van der Waals surface area contributed by atoms with Crippen LogP contribution in [0.25, 0.3) is 0 Å². The highest BCUT2D eigenvalue weighted by atomic mass is 16.3. The van der Waals surface area contributed by atoms with Gasteiger partial charge in [-0.2, -0.15) is 0 Å². The quantitative estimate of drug-likeness (QED) is 0.656. The minimum absolute atomic E-state index is 0.108. The van der Waals surface area contributed by atoms with Crippen molar-refractivity contribution >= 4 is 5.95 Å². The molecule has 3 heterocycles. The molecular weight excluding hydrogens is 370 g/mol. The van der Waals surface area contributed by atoms with Crippen LogP contribution in [0.2, 0.25) is 0 Å². The number of nitrogens with zero attached hydrogens (tertiary/aromatic N) is 5. The molecule has 2 aromatic rings. The molecule has 1 aliphatic heterocycles. The van der Waals surface area contributed by atoms with Crippen molar-refractivity contribution in [1.82, 2.24) is 19.4 Å². The molecule has 3 atom stereocenters. The molecule has 0 amide bonds. The average Bonchev–Trinajstić information content (AvgIpc) is 3.35. The number of aliphatic hydroxyl groups is 1. The summed E-state index contributed by atoms with van der Waals surface area (Å²) >= 11 is 0. The average molecular weight is 397 g/mol. The van der Waals surface area contributed by atoms with Crippen molar-refractivity contribution in [2.24, 2.45) is 0 Å². The van der Waals surface area contributed by atoms with Gasteiger partial charge in [0.1, 0.15) is 0 Å². The van der Waals surface area contributed by atoms with E-state index in [0.29, 0.717) is 6.54 Å². The Labute approximate surface area is 169 Å². The van der Waals surface area contributed by atoms with E-state index in [2.05, 4.69) is 31.9 Å². The van der Waals surface area contributed by atoms with Crippen LogP contribution in [0.3, 0.4) is 0 Å². The van der Waals surface area contributed by atoms with Gasteiger partial charge in [-0.25, -0.2) is 9.97 Å². The fourth-order valence-corrected chi connectivity index (χ4v) is 5.04. The highest BCUT2D eigenvalue weighted by molar-refractivity contribution is 5.58. The van der Waals surface area contributed by atoms with Gasteiger partial charge in [-0.3, -0.25) is 9.47 Å². The Bertz CT molecular complexity index is 877. The first-order valence-electron chi connectivity index (χ1n) is 10.4. The van der Waals surface area contributed by atoms with Gasteiger partial charge >= 0.3 is 0 Å². The van der Waals surface area contributed by atoms with Crippen molar-refractivity contribution < 1.29 is 15.3 Å². The fraction of sp³-hybridized carbons (Fsp3) is 0.524. The maximum Gasteiger partial charge on any atom is 0.225 e. The Morgan fingerprint density at radius 2 is 1.62 bits per heavy atom. The van der Waals surface area contributed by atoms with Crippen LogP contribution in [-0.2, 0) is 6.54 Å². The highest BCUT2D eigenvalue weighted by Crippen LogP contribution is 2.56. The Morgan fingerprint density at radius 1 is 0.931 bits per heavy atom. The van der Waals surface area contributed by atoms with Gasteiger partial charge in [-0.1, -0.05) is 12.2 Å². The maximum absolute atomic E-state index is 10.7. The van der Waals surface area contributed by atoms with Crippen molar-refractivity contribution in [1.29, 1.82) is 0 Å². The van der Waals surface area contributed by atoms with Crippen molar-refractivity contribution in [2.45, 2.75) is 37.3 Å². The zero-order valence-corrected chi connectivity index (χ0v) is 16.4. The second kappa shape index (κ2) is 7.35.